The standard InChI is InChI=1S/C16H30N2O3/c1-12(2)11-18(10-9-17(3)4)15(19)13-7-5-6-8-14(13)16(20)21/h12-14H,5-11H2,1-4H3,(H,20,21). The van der Waals surface area contributed by atoms with Crippen LogP contribution in [-0.4, -0.2) is 60.5 Å². The molecule has 1 saturated carbocycles. The van der Waals surface area contributed by atoms with Gasteiger partial charge in [0.1, 0.15) is 0 Å². The highest BCUT2D eigenvalue weighted by Crippen LogP contribution is 2.31. The maximum absolute atomic E-state index is 12.8. The molecule has 1 aliphatic carbocycles. The van der Waals surface area contributed by atoms with E-state index in [-0.39, 0.29) is 11.8 Å². The van der Waals surface area contributed by atoms with Crippen LogP contribution in [0.3, 0.4) is 0 Å². The SMILES string of the molecule is CC(C)CN(CCN(C)C)C(=O)C1CCCCC1C(=O)O. The number of carboxylic acids is 1. The Morgan fingerprint density at radius 3 is 2.14 bits per heavy atom. The van der Waals surface area contributed by atoms with Crippen molar-refractivity contribution in [3.8, 4) is 0 Å². The second-order valence-electron chi connectivity index (χ2n) is 6.82. The van der Waals surface area contributed by atoms with Crippen LogP contribution in [0, 0.1) is 17.8 Å². The Hall–Kier alpha value is -1.10. The molecule has 1 fully saturated rings. The second-order valence-corrected chi connectivity index (χ2v) is 6.82. The Bertz CT molecular complexity index is 355. The van der Waals surface area contributed by atoms with Gasteiger partial charge in [-0.25, -0.2) is 0 Å². The van der Waals surface area contributed by atoms with Gasteiger partial charge in [0.05, 0.1) is 11.8 Å². The predicted molar refractivity (Wildman–Crippen MR) is 83.1 cm³/mol. The van der Waals surface area contributed by atoms with Crippen LogP contribution in [-0.2, 0) is 9.59 Å². The molecular weight excluding hydrogens is 268 g/mol. The molecule has 0 spiro atoms. The van der Waals surface area contributed by atoms with Crippen molar-refractivity contribution in [3.05, 3.63) is 0 Å². The van der Waals surface area contributed by atoms with E-state index in [0.29, 0.717) is 31.8 Å². The highest BCUT2D eigenvalue weighted by molar-refractivity contribution is 5.85. The lowest BCUT2D eigenvalue weighted by Crippen LogP contribution is -2.46. The molecule has 1 aliphatic rings. The molecule has 2 atom stereocenters. The minimum Gasteiger partial charge on any atom is -0.481 e. The molecule has 5 nitrogen and oxygen atoms in total. The molecule has 122 valence electrons. The molecule has 0 heterocycles. The van der Waals surface area contributed by atoms with E-state index < -0.39 is 11.9 Å². The molecule has 0 aromatic carbocycles. The third-order valence-electron chi connectivity index (χ3n) is 4.11. The molecule has 1 amide bonds. The van der Waals surface area contributed by atoms with Gasteiger partial charge in [0, 0.05) is 19.6 Å². The molecule has 5 heteroatoms. The van der Waals surface area contributed by atoms with Crippen LogP contribution in [0.25, 0.3) is 0 Å². The van der Waals surface area contributed by atoms with Gasteiger partial charge in [0.2, 0.25) is 5.91 Å². The topological polar surface area (TPSA) is 60.9 Å². The highest BCUT2D eigenvalue weighted by atomic mass is 16.4. The quantitative estimate of drug-likeness (QED) is 0.780. The van der Waals surface area contributed by atoms with Crippen molar-refractivity contribution in [2.45, 2.75) is 39.5 Å². The van der Waals surface area contributed by atoms with Gasteiger partial charge in [-0.3, -0.25) is 9.59 Å². The Labute approximate surface area is 128 Å². The molecule has 1 N–H and O–H groups in total. The molecule has 21 heavy (non-hydrogen) atoms. The first-order valence-corrected chi connectivity index (χ1v) is 7.99. The van der Waals surface area contributed by atoms with Gasteiger partial charge in [-0.2, -0.15) is 0 Å². The zero-order chi connectivity index (χ0) is 16.0. The summed E-state index contributed by atoms with van der Waals surface area (Å²) in [6.07, 6.45) is 3.23. The zero-order valence-electron chi connectivity index (χ0n) is 13.8. The van der Waals surface area contributed by atoms with Crippen LogP contribution in [0.2, 0.25) is 0 Å². The number of amides is 1. The maximum Gasteiger partial charge on any atom is 0.307 e. The van der Waals surface area contributed by atoms with Crippen molar-refractivity contribution >= 4 is 11.9 Å². The number of carbonyl (C=O) groups is 2. The van der Waals surface area contributed by atoms with E-state index in [2.05, 4.69) is 18.7 Å². The lowest BCUT2D eigenvalue weighted by atomic mass is 9.78. The minimum atomic E-state index is -0.815. The number of hydrogen-bond donors (Lipinski definition) is 1. The summed E-state index contributed by atoms with van der Waals surface area (Å²) in [7, 11) is 3.97. The van der Waals surface area contributed by atoms with Gasteiger partial charge in [0.15, 0.2) is 0 Å². The van der Waals surface area contributed by atoms with Crippen molar-refractivity contribution in [1.82, 2.24) is 9.80 Å². The fourth-order valence-corrected chi connectivity index (χ4v) is 3.01. The van der Waals surface area contributed by atoms with Gasteiger partial charge >= 0.3 is 5.97 Å². The van der Waals surface area contributed by atoms with Crippen molar-refractivity contribution in [3.63, 3.8) is 0 Å². The summed E-state index contributed by atoms with van der Waals surface area (Å²) in [6.45, 7) is 6.36. The molecule has 2 unspecified atom stereocenters. The van der Waals surface area contributed by atoms with E-state index in [9.17, 15) is 14.7 Å². The Morgan fingerprint density at radius 1 is 1.10 bits per heavy atom. The third kappa shape index (κ3) is 5.65. The molecular formula is C16H30N2O3. The van der Waals surface area contributed by atoms with Gasteiger partial charge in [0.25, 0.3) is 0 Å². The lowest BCUT2D eigenvalue weighted by Gasteiger charge is -2.34. The normalized spacial score (nSPS) is 22.6. The lowest BCUT2D eigenvalue weighted by molar-refractivity contribution is -0.152. The van der Waals surface area contributed by atoms with E-state index in [1.807, 2.05) is 19.0 Å². The number of likely N-dealkylation sites (N-methyl/N-ethyl adjacent to an activating group) is 1. The van der Waals surface area contributed by atoms with Crippen molar-refractivity contribution in [1.29, 1.82) is 0 Å². The van der Waals surface area contributed by atoms with Gasteiger partial charge in [-0.15, -0.1) is 0 Å². The minimum absolute atomic E-state index is 0.0395. The summed E-state index contributed by atoms with van der Waals surface area (Å²) in [6, 6.07) is 0. The summed E-state index contributed by atoms with van der Waals surface area (Å²) in [5.41, 5.74) is 0. The fourth-order valence-electron chi connectivity index (χ4n) is 3.01. The second kappa shape index (κ2) is 8.37. The van der Waals surface area contributed by atoms with Crippen LogP contribution in [0.4, 0.5) is 0 Å². The van der Waals surface area contributed by atoms with Crippen molar-refractivity contribution < 1.29 is 14.7 Å². The summed E-state index contributed by atoms with van der Waals surface area (Å²) in [5, 5.41) is 9.36. The van der Waals surface area contributed by atoms with Crippen molar-refractivity contribution in [2.24, 2.45) is 17.8 Å². The summed E-state index contributed by atoms with van der Waals surface area (Å²) in [5.74, 6) is -1.22. The fraction of sp³-hybridized carbons (Fsp3) is 0.875. The number of aliphatic carboxylic acids is 1. The summed E-state index contributed by atoms with van der Waals surface area (Å²) in [4.78, 5) is 28.1. The molecule has 0 aromatic rings. The number of rotatable bonds is 7. The zero-order valence-corrected chi connectivity index (χ0v) is 13.8. The van der Waals surface area contributed by atoms with Crippen molar-refractivity contribution in [2.75, 3.05) is 33.7 Å². The molecule has 0 aromatic heterocycles. The predicted octanol–water partition coefficient (Wildman–Crippen LogP) is 1.92. The first kappa shape index (κ1) is 18.0. The number of hydrogen-bond acceptors (Lipinski definition) is 3. The van der Waals surface area contributed by atoms with Crippen LogP contribution in [0.5, 0.6) is 0 Å². The van der Waals surface area contributed by atoms with E-state index >= 15 is 0 Å². The number of carboxylic acid groups (broad SMARTS) is 1. The van der Waals surface area contributed by atoms with Gasteiger partial charge in [-0.05, 0) is 32.9 Å². The summed E-state index contributed by atoms with van der Waals surface area (Å²) >= 11 is 0. The van der Waals surface area contributed by atoms with Crippen LogP contribution in [0.1, 0.15) is 39.5 Å². The first-order valence-electron chi connectivity index (χ1n) is 7.99. The average Bonchev–Trinajstić information content (AvgIpc) is 2.42. The highest BCUT2D eigenvalue weighted by Gasteiger charge is 2.37. The maximum atomic E-state index is 12.8. The molecule has 0 bridgehead atoms. The number of carbonyl (C=O) groups excluding carboxylic acids is 1. The first-order chi connectivity index (χ1) is 9.82. The van der Waals surface area contributed by atoms with Gasteiger partial charge in [-0.1, -0.05) is 26.7 Å². The Morgan fingerprint density at radius 2 is 1.67 bits per heavy atom. The molecule has 0 aliphatic heterocycles. The third-order valence-corrected chi connectivity index (χ3v) is 4.11. The molecule has 0 radical (unpaired) electrons. The Balaban J connectivity index is 2.78. The van der Waals surface area contributed by atoms with Crippen LogP contribution in [0.15, 0.2) is 0 Å². The van der Waals surface area contributed by atoms with Gasteiger partial charge < -0.3 is 14.9 Å². The van der Waals surface area contributed by atoms with E-state index in [1.54, 1.807) is 0 Å². The number of nitrogens with zero attached hydrogens (tertiary/aromatic N) is 2. The van der Waals surface area contributed by atoms with Crippen LogP contribution >= 0.6 is 0 Å². The monoisotopic (exact) mass is 298 g/mol. The van der Waals surface area contributed by atoms with E-state index in [1.165, 1.54) is 0 Å². The Kier molecular flexibility index (Phi) is 7.15. The van der Waals surface area contributed by atoms with Crippen LogP contribution < -0.4 is 0 Å². The summed E-state index contributed by atoms with van der Waals surface area (Å²) < 4.78 is 0. The average molecular weight is 298 g/mol. The van der Waals surface area contributed by atoms with E-state index in [0.717, 1.165) is 19.4 Å². The molecule has 0 saturated heterocycles. The largest absolute Gasteiger partial charge is 0.481 e. The van der Waals surface area contributed by atoms with E-state index in [4.69, 9.17) is 0 Å². The molecule has 1 rings (SSSR count). The smallest absolute Gasteiger partial charge is 0.307 e.